The van der Waals surface area contributed by atoms with Crippen molar-refractivity contribution in [3.63, 3.8) is 0 Å². The summed E-state index contributed by atoms with van der Waals surface area (Å²) in [6.07, 6.45) is 2.47. The molecule has 2 heterocycles. The molecule has 0 aromatic heterocycles. The summed E-state index contributed by atoms with van der Waals surface area (Å²) in [7, 11) is 1.26. The number of piperidine rings is 1. The number of esters is 1. The van der Waals surface area contributed by atoms with Crippen molar-refractivity contribution < 1.29 is 24.2 Å². The molecule has 8 heteroatoms. The number of β-amino-alcohol motifs (C(OH)–C–C–N with tert-alkyl or cyclic N) is 1. The number of benzene rings is 1. The molecule has 0 aliphatic carbocycles. The van der Waals surface area contributed by atoms with Crippen LogP contribution in [0.1, 0.15) is 19.3 Å². The predicted octanol–water partition coefficient (Wildman–Crippen LogP) is 0.877. The number of anilines is 2. The lowest BCUT2D eigenvalue weighted by atomic mass is 10.1. The van der Waals surface area contributed by atoms with Crippen LogP contribution in [0.3, 0.4) is 0 Å². The van der Waals surface area contributed by atoms with Crippen LogP contribution >= 0.6 is 0 Å². The average molecular weight is 373 g/mol. The van der Waals surface area contributed by atoms with E-state index in [9.17, 15) is 14.4 Å². The van der Waals surface area contributed by atoms with Gasteiger partial charge in [-0.15, -0.1) is 0 Å². The van der Waals surface area contributed by atoms with Crippen LogP contribution in [-0.4, -0.2) is 61.1 Å². The van der Waals surface area contributed by atoms with E-state index in [0.717, 1.165) is 18.5 Å². The Labute approximate surface area is 157 Å². The molecule has 2 aliphatic heterocycles. The maximum absolute atomic E-state index is 12.5. The Balaban J connectivity index is 1.79. The first kappa shape index (κ1) is 18.9. The topological polar surface area (TPSA) is 99.2 Å². The normalized spacial score (nSPS) is 17.6. The minimum absolute atomic E-state index is 0.0920. The highest BCUT2D eigenvalue weighted by atomic mass is 16.5. The minimum Gasteiger partial charge on any atom is -0.466 e. The van der Waals surface area contributed by atoms with E-state index in [0.29, 0.717) is 18.7 Å². The van der Waals surface area contributed by atoms with Crippen LogP contribution < -0.4 is 10.2 Å². The first-order chi connectivity index (χ1) is 13.0. The van der Waals surface area contributed by atoms with E-state index in [1.807, 2.05) is 12.1 Å². The van der Waals surface area contributed by atoms with Gasteiger partial charge in [-0.1, -0.05) is 0 Å². The first-order valence-corrected chi connectivity index (χ1v) is 8.94. The molecular formula is C19H23N3O5. The summed E-state index contributed by atoms with van der Waals surface area (Å²) < 4.78 is 4.76. The van der Waals surface area contributed by atoms with Crippen molar-refractivity contribution in [2.45, 2.75) is 19.3 Å². The van der Waals surface area contributed by atoms with Crippen molar-refractivity contribution in [3.05, 3.63) is 35.5 Å². The molecule has 0 bridgehead atoms. The Kier molecular flexibility index (Phi) is 5.75. The van der Waals surface area contributed by atoms with E-state index in [4.69, 9.17) is 9.84 Å². The van der Waals surface area contributed by atoms with Crippen molar-refractivity contribution in [1.29, 1.82) is 0 Å². The van der Waals surface area contributed by atoms with Gasteiger partial charge in [0.25, 0.3) is 5.91 Å². The molecule has 2 aliphatic rings. The molecule has 1 aromatic carbocycles. The smallest absolute Gasteiger partial charge is 0.337 e. The van der Waals surface area contributed by atoms with Gasteiger partial charge in [0.2, 0.25) is 5.91 Å². The molecule has 0 spiro atoms. The number of aliphatic hydroxyl groups excluding tert-OH is 1. The largest absolute Gasteiger partial charge is 0.466 e. The van der Waals surface area contributed by atoms with Crippen molar-refractivity contribution in [2.24, 2.45) is 0 Å². The number of nitrogens with zero attached hydrogens (tertiary/aromatic N) is 2. The van der Waals surface area contributed by atoms with E-state index in [-0.39, 0.29) is 42.8 Å². The number of nitrogens with one attached hydrogen (secondary N) is 1. The number of hydrogen-bond donors (Lipinski definition) is 2. The fourth-order valence-electron chi connectivity index (χ4n) is 3.30. The number of carbonyl (C=O) groups excluding carboxylic acids is 3. The van der Waals surface area contributed by atoms with Crippen LogP contribution in [-0.2, 0) is 19.1 Å². The number of carbonyl (C=O) groups is 3. The lowest BCUT2D eigenvalue weighted by Gasteiger charge is -2.27. The van der Waals surface area contributed by atoms with E-state index < -0.39 is 5.97 Å². The second kappa shape index (κ2) is 8.22. The summed E-state index contributed by atoms with van der Waals surface area (Å²) in [4.78, 5) is 39.7. The molecule has 8 nitrogen and oxygen atoms in total. The highest BCUT2D eigenvalue weighted by Gasteiger charge is 2.34. The Hall–Kier alpha value is -2.87. The molecule has 1 saturated heterocycles. The molecule has 3 rings (SSSR count). The van der Waals surface area contributed by atoms with Gasteiger partial charge in [0.15, 0.2) is 0 Å². The SMILES string of the molecule is COC(=O)C1=C(Nc2ccc(N3CCCCC3=O)cc2)C(=O)N(CCO)C1. The summed E-state index contributed by atoms with van der Waals surface area (Å²) >= 11 is 0. The number of hydrogen-bond acceptors (Lipinski definition) is 6. The number of rotatable bonds is 6. The van der Waals surface area contributed by atoms with Crippen molar-refractivity contribution in [3.8, 4) is 0 Å². The van der Waals surface area contributed by atoms with Gasteiger partial charge in [0.05, 0.1) is 25.8 Å². The molecular weight excluding hydrogens is 350 g/mol. The maximum atomic E-state index is 12.5. The zero-order valence-electron chi connectivity index (χ0n) is 15.2. The molecule has 2 amide bonds. The van der Waals surface area contributed by atoms with Gasteiger partial charge < -0.3 is 25.0 Å². The average Bonchev–Trinajstić information content (AvgIpc) is 2.99. The maximum Gasteiger partial charge on any atom is 0.337 e. The van der Waals surface area contributed by atoms with E-state index in [1.165, 1.54) is 12.0 Å². The van der Waals surface area contributed by atoms with Gasteiger partial charge in [-0.2, -0.15) is 0 Å². The molecule has 0 saturated carbocycles. The van der Waals surface area contributed by atoms with Crippen LogP contribution in [0, 0.1) is 0 Å². The lowest BCUT2D eigenvalue weighted by molar-refractivity contribution is -0.136. The molecule has 27 heavy (non-hydrogen) atoms. The third-order valence-electron chi connectivity index (χ3n) is 4.73. The first-order valence-electron chi connectivity index (χ1n) is 8.94. The number of amides is 2. The van der Waals surface area contributed by atoms with Crippen molar-refractivity contribution in [2.75, 3.05) is 43.6 Å². The summed E-state index contributed by atoms with van der Waals surface area (Å²) in [5, 5.41) is 12.1. The highest BCUT2D eigenvalue weighted by Crippen LogP contribution is 2.26. The fraction of sp³-hybridized carbons (Fsp3) is 0.421. The van der Waals surface area contributed by atoms with Gasteiger partial charge in [0.1, 0.15) is 5.70 Å². The number of ether oxygens (including phenoxy) is 1. The Morgan fingerprint density at radius 2 is 1.96 bits per heavy atom. The van der Waals surface area contributed by atoms with Crippen LogP contribution in [0.4, 0.5) is 11.4 Å². The zero-order valence-corrected chi connectivity index (χ0v) is 15.2. The van der Waals surface area contributed by atoms with Gasteiger partial charge >= 0.3 is 5.97 Å². The molecule has 0 radical (unpaired) electrons. The van der Waals surface area contributed by atoms with Crippen LogP contribution in [0.15, 0.2) is 35.5 Å². The summed E-state index contributed by atoms with van der Waals surface area (Å²) in [6, 6.07) is 7.16. The van der Waals surface area contributed by atoms with Gasteiger partial charge in [-0.3, -0.25) is 9.59 Å². The second-order valence-corrected chi connectivity index (χ2v) is 6.47. The molecule has 1 fully saturated rings. The number of methoxy groups -OCH3 is 1. The Morgan fingerprint density at radius 1 is 1.22 bits per heavy atom. The summed E-state index contributed by atoms with van der Waals surface area (Å²) in [5.74, 6) is -0.829. The minimum atomic E-state index is -0.582. The van der Waals surface area contributed by atoms with Crippen LogP contribution in [0.2, 0.25) is 0 Å². The molecule has 0 atom stereocenters. The number of aliphatic hydroxyl groups is 1. The standard InChI is InChI=1S/C19H23N3O5/c1-27-19(26)15-12-21(10-11-23)18(25)17(15)20-13-5-7-14(8-6-13)22-9-3-2-4-16(22)24/h5-8,20,23H,2-4,9-12H2,1H3. The lowest BCUT2D eigenvalue weighted by Crippen LogP contribution is -2.35. The molecule has 2 N–H and O–H groups in total. The molecule has 144 valence electrons. The predicted molar refractivity (Wildman–Crippen MR) is 99.0 cm³/mol. The van der Waals surface area contributed by atoms with E-state index >= 15 is 0 Å². The van der Waals surface area contributed by atoms with Crippen LogP contribution in [0.25, 0.3) is 0 Å². The Bertz CT molecular complexity index is 772. The third-order valence-corrected chi connectivity index (χ3v) is 4.73. The third kappa shape index (κ3) is 3.95. The van der Waals surface area contributed by atoms with Crippen LogP contribution in [0.5, 0.6) is 0 Å². The monoisotopic (exact) mass is 373 g/mol. The summed E-state index contributed by atoms with van der Waals surface area (Å²) in [5.41, 5.74) is 1.81. The second-order valence-electron chi connectivity index (χ2n) is 6.47. The van der Waals surface area contributed by atoms with Gasteiger partial charge in [-0.05, 0) is 37.1 Å². The van der Waals surface area contributed by atoms with Gasteiger partial charge in [-0.25, -0.2) is 4.79 Å². The van der Waals surface area contributed by atoms with Crippen molar-refractivity contribution in [1.82, 2.24) is 4.90 Å². The van der Waals surface area contributed by atoms with E-state index in [2.05, 4.69) is 5.32 Å². The quantitative estimate of drug-likeness (QED) is 0.718. The van der Waals surface area contributed by atoms with Crippen molar-refractivity contribution >= 4 is 29.2 Å². The summed E-state index contributed by atoms with van der Waals surface area (Å²) in [6.45, 7) is 0.749. The van der Waals surface area contributed by atoms with Gasteiger partial charge in [0, 0.05) is 30.9 Å². The zero-order chi connectivity index (χ0) is 19.4. The Morgan fingerprint density at radius 3 is 2.59 bits per heavy atom. The fourth-order valence-corrected chi connectivity index (χ4v) is 3.30. The van der Waals surface area contributed by atoms with E-state index in [1.54, 1.807) is 17.0 Å². The molecule has 0 unspecified atom stereocenters. The highest BCUT2D eigenvalue weighted by molar-refractivity contribution is 6.08. The molecule has 1 aromatic rings.